The first kappa shape index (κ1) is 41.8. The van der Waals surface area contributed by atoms with Crippen LogP contribution in [0.5, 0.6) is 0 Å². The van der Waals surface area contributed by atoms with Gasteiger partial charge in [0.2, 0.25) is 5.91 Å². The predicted octanol–water partition coefficient (Wildman–Crippen LogP) is -3.81. The van der Waals surface area contributed by atoms with E-state index < -0.39 is 108 Å². The van der Waals surface area contributed by atoms with Gasteiger partial charge < -0.3 is 72.0 Å². The second-order valence-electron chi connectivity index (χ2n) is 11.4. The average molecular weight is 799 g/mol. The van der Waals surface area contributed by atoms with E-state index in [0.717, 1.165) is 6.33 Å². The molecule has 0 bridgehead atoms. The first-order valence-electron chi connectivity index (χ1n) is 15.0. The number of nitrogen functional groups attached to an aromatic ring is 1. The first-order chi connectivity index (χ1) is 24.7. The average Bonchev–Trinajstić information content (AvgIpc) is 3.72. The minimum Gasteiger partial charge on any atom is -0.481 e. The number of hydrogen-bond acceptors (Lipinski definition) is 20. The molecule has 2 saturated heterocycles. The summed E-state index contributed by atoms with van der Waals surface area (Å²) in [5.74, 6) is -3.16. The van der Waals surface area contributed by atoms with Crippen molar-refractivity contribution in [2.75, 3.05) is 18.9 Å². The molecule has 0 aromatic carbocycles. The number of aromatic nitrogens is 4. The van der Waals surface area contributed by atoms with Crippen molar-refractivity contribution >= 4 is 50.5 Å². The molecule has 294 valence electrons. The van der Waals surface area contributed by atoms with Crippen molar-refractivity contribution in [2.24, 2.45) is 11.5 Å². The number of carboxylic acids is 2. The molecule has 0 saturated carbocycles. The summed E-state index contributed by atoms with van der Waals surface area (Å²) in [6.45, 7) is -1.79. The number of carbonyl (C=O) groups is 3. The molecule has 14 N–H and O–H groups in total. The second kappa shape index (κ2) is 17.0. The van der Waals surface area contributed by atoms with E-state index in [0.29, 0.717) is 0 Å². The van der Waals surface area contributed by atoms with Crippen LogP contribution in [0.15, 0.2) is 36.7 Å². The van der Waals surface area contributed by atoms with Gasteiger partial charge in [0.25, 0.3) is 0 Å². The van der Waals surface area contributed by atoms with Crippen LogP contribution in [-0.4, -0.2) is 145 Å². The smallest absolute Gasteiger partial charge is 0.481 e. The van der Waals surface area contributed by atoms with Crippen LogP contribution in [0.3, 0.4) is 0 Å². The Labute approximate surface area is 296 Å². The monoisotopic (exact) mass is 798 g/mol. The third kappa shape index (κ3) is 10.4. The van der Waals surface area contributed by atoms with E-state index in [9.17, 15) is 53.7 Å². The molecule has 0 spiro atoms. The molecule has 3 unspecified atom stereocenters. The maximum Gasteiger partial charge on any atom is 0.481 e. The summed E-state index contributed by atoms with van der Waals surface area (Å²) >= 11 is 0. The Morgan fingerprint density at radius 2 is 1.49 bits per heavy atom. The normalized spacial score (nSPS) is 29.8. The number of aliphatic carboxylic acids is 2. The maximum absolute atomic E-state index is 12.4. The second-order valence-corrected chi connectivity index (χ2v) is 14.4. The summed E-state index contributed by atoms with van der Waals surface area (Å²) in [6, 6.07) is -1.29. The summed E-state index contributed by atoms with van der Waals surface area (Å²) in [5.41, 5.74) is 16.4. The molecule has 53 heavy (non-hydrogen) atoms. The number of aliphatic hydroxyl groups excluding tert-OH is 4. The minimum absolute atomic E-state index is 0.0517. The Balaban J connectivity index is 0.000000618. The van der Waals surface area contributed by atoms with Gasteiger partial charge in [0.15, 0.2) is 23.9 Å². The summed E-state index contributed by atoms with van der Waals surface area (Å²) < 4.78 is 50.8. The number of amides is 1. The fraction of sp³-hybridized carbons (Fsp3) is 0.520. The third-order valence-electron chi connectivity index (χ3n) is 7.59. The molecular formula is C25H36N8O18P2. The number of allylic oxidation sites excluding steroid dienone is 1. The summed E-state index contributed by atoms with van der Waals surface area (Å²) in [5, 5.41) is 57.7. The lowest BCUT2D eigenvalue weighted by molar-refractivity contribution is -0.144. The van der Waals surface area contributed by atoms with Gasteiger partial charge in [-0.3, -0.25) is 28.0 Å². The Hall–Kier alpha value is -3.98. The predicted molar refractivity (Wildman–Crippen MR) is 170 cm³/mol. The Morgan fingerprint density at radius 1 is 0.925 bits per heavy atom. The van der Waals surface area contributed by atoms with Gasteiger partial charge in [-0.15, -0.1) is 0 Å². The molecule has 2 aromatic rings. The van der Waals surface area contributed by atoms with E-state index in [2.05, 4.69) is 19.3 Å². The van der Waals surface area contributed by atoms with Crippen LogP contribution in [0.4, 0.5) is 5.82 Å². The SMILES string of the molecule is NC(=O)C1=CN([C@@H]2O[C@H](COP(=O)(O)OP(=O)(O)OC[C@H]3O[C@@H](n4cnc5c(N)ncnc54)[C@H](O)[C@@H]3O)[C@@H](O)[C@H]2O)C=CC1.NC(CC(=O)O)C(=O)O. The van der Waals surface area contributed by atoms with Gasteiger partial charge in [-0.25, -0.2) is 24.1 Å². The van der Waals surface area contributed by atoms with Gasteiger partial charge in [-0.2, -0.15) is 4.31 Å². The highest BCUT2D eigenvalue weighted by Crippen LogP contribution is 2.60. The molecule has 5 rings (SSSR count). The Kier molecular flexibility index (Phi) is 13.4. The highest BCUT2D eigenvalue weighted by Gasteiger charge is 2.48. The van der Waals surface area contributed by atoms with E-state index in [1.165, 1.54) is 28.2 Å². The van der Waals surface area contributed by atoms with Crippen LogP contribution in [-0.2, 0) is 46.3 Å². The molecule has 2 fully saturated rings. The molecule has 28 heteroatoms. The van der Waals surface area contributed by atoms with E-state index in [4.69, 9.17) is 45.9 Å². The van der Waals surface area contributed by atoms with Crippen LogP contribution in [0, 0.1) is 0 Å². The summed E-state index contributed by atoms with van der Waals surface area (Å²) in [6.07, 6.45) is -5.41. The zero-order chi connectivity index (χ0) is 39.4. The molecule has 0 aliphatic carbocycles. The number of anilines is 1. The third-order valence-corrected chi connectivity index (χ3v) is 10.2. The number of primary amides is 1. The highest BCUT2D eigenvalue weighted by molar-refractivity contribution is 7.61. The van der Waals surface area contributed by atoms with Crippen LogP contribution in [0.1, 0.15) is 19.1 Å². The standard InChI is InChI=1S/C21H29N7O14P2.C4H7NO4/c22-17-12-19(25-7-24-17)28(8-26-12)21-16(32)14(30)11(41-21)6-39-44(36,37)42-43(34,35)38-5-10-13(29)15(31)20(40-10)27-3-1-2-9(4-27)18(23)33;5-2(4(8)9)1-3(6)7/h1,3-4,7-8,10-11,13-16,20-21,29-32H,2,5-6H2,(H2,23,33)(H,34,35)(H,36,37)(H2,22,24,25);2H,1,5H2,(H,6,7)(H,8,9)/t10-,11-,13-,14-,15-,16-,20-,21-;/m1./s1. The number of carbonyl (C=O) groups excluding carboxylic acids is 1. The number of imidazole rings is 1. The lowest BCUT2D eigenvalue weighted by Gasteiger charge is -2.28. The number of aliphatic hydroxyl groups is 4. The number of rotatable bonds is 14. The van der Waals surface area contributed by atoms with Crippen molar-refractivity contribution in [1.82, 2.24) is 24.4 Å². The van der Waals surface area contributed by atoms with Gasteiger partial charge in [-0.1, -0.05) is 6.08 Å². The van der Waals surface area contributed by atoms with E-state index >= 15 is 0 Å². The van der Waals surface area contributed by atoms with Crippen molar-refractivity contribution in [1.29, 1.82) is 0 Å². The van der Waals surface area contributed by atoms with Crippen LogP contribution >= 0.6 is 15.6 Å². The van der Waals surface area contributed by atoms with E-state index in [-0.39, 0.29) is 29.0 Å². The zero-order valence-corrected chi connectivity index (χ0v) is 28.7. The number of nitrogens with two attached hydrogens (primary N) is 3. The molecule has 1 amide bonds. The van der Waals surface area contributed by atoms with Gasteiger partial charge in [0, 0.05) is 18.0 Å². The Morgan fingerprint density at radius 3 is 2.02 bits per heavy atom. The van der Waals surface area contributed by atoms with E-state index in [1.807, 2.05) is 0 Å². The van der Waals surface area contributed by atoms with Crippen LogP contribution in [0.2, 0.25) is 0 Å². The van der Waals surface area contributed by atoms with Crippen molar-refractivity contribution in [3.63, 3.8) is 0 Å². The van der Waals surface area contributed by atoms with Gasteiger partial charge >= 0.3 is 27.6 Å². The number of phosphoric acid groups is 2. The first-order valence-corrected chi connectivity index (χ1v) is 18.0. The lowest BCUT2D eigenvalue weighted by Crippen LogP contribution is -2.40. The highest BCUT2D eigenvalue weighted by atomic mass is 31.3. The van der Waals surface area contributed by atoms with Crippen molar-refractivity contribution in [3.05, 3.63) is 36.7 Å². The molecule has 3 aliphatic rings. The summed E-state index contributed by atoms with van der Waals surface area (Å²) in [7, 11) is -10.7. The Bertz CT molecular complexity index is 1830. The molecule has 11 atom stereocenters. The topological polar surface area (TPSA) is 418 Å². The zero-order valence-electron chi connectivity index (χ0n) is 26.9. The van der Waals surface area contributed by atoms with Crippen molar-refractivity contribution < 1.29 is 86.8 Å². The molecule has 3 aliphatic heterocycles. The number of hydrogen-bond donors (Lipinski definition) is 11. The van der Waals surface area contributed by atoms with Crippen molar-refractivity contribution in [3.8, 4) is 0 Å². The van der Waals surface area contributed by atoms with Crippen LogP contribution in [0.25, 0.3) is 11.2 Å². The maximum atomic E-state index is 12.4. The molecular weight excluding hydrogens is 762 g/mol. The fourth-order valence-electron chi connectivity index (χ4n) is 4.95. The van der Waals surface area contributed by atoms with Gasteiger partial charge in [-0.05, 0) is 6.42 Å². The number of fused-ring (bicyclic) bond motifs is 1. The van der Waals surface area contributed by atoms with Gasteiger partial charge in [0.05, 0.1) is 26.0 Å². The van der Waals surface area contributed by atoms with Crippen LogP contribution < -0.4 is 17.2 Å². The molecule has 5 heterocycles. The largest absolute Gasteiger partial charge is 0.481 e. The minimum atomic E-state index is -5.37. The lowest BCUT2D eigenvalue weighted by atomic mass is 10.1. The number of carboxylic acid groups (broad SMARTS) is 2. The van der Waals surface area contributed by atoms with Gasteiger partial charge in [0.1, 0.15) is 54.5 Å². The van der Waals surface area contributed by atoms with E-state index in [1.54, 1.807) is 6.08 Å². The number of ether oxygens (including phenoxy) is 2. The fourth-order valence-corrected chi connectivity index (χ4v) is 7.04. The molecule has 26 nitrogen and oxygen atoms in total. The van der Waals surface area contributed by atoms with Crippen molar-refractivity contribution in [2.45, 2.75) is 68.0 Å². The summed E-state index contributed by atoms with van der Waals surface area (Å²) in [4.78, 5) is 64.2. The quantitative estimate of drug-likeness (QED) is 0.0816. The number of nitrogens with zero attached hydrogens (tertiary/aromatic N) is 5. The molecule has 2 aromatic heterocycles. The molecule has 0 radical (unpaired) electrons. The number of phosphoric ester groups is 2.